The van der Waals surface area contributed by atoms with Crippen molar-refractivity contribution in [2.45, 2.75) is 38.6 Å². The number of halogens is 1. The van der Waals surface area contributed by atoms with Gasteiger partial charge in [-0.25, -0.2) is 0 Å². The molecule has 0 amide bonds. The highest BCUT2D eigenvalue weighted by Crippen LogP contribution is 2.44. The Morgan fingerprint density at radius 1 is 1.26 bits per heavy atom. The topological polar surface area (TPSA) is 30.5 Å². The second-order valence-electron chi connectivity index (χ2n) is 5.14. The maximum absolute atomic E-state index is 5.97. The highest BCUT2D eigenvalue weighted by atomic mass is 79.9. The molecule has 2 aliphatic rings. The first-order chi connectivity index (χ1) is 9.31. The second kappa shape index (κ2) is 5.71. The minimum atomic E-state index is 0.461. The third-order valence-corrected chi connectivity index (χ3v) is 4.49. The van der Waals surface area contributed by atoms with E-state index in [2.05, 4.69) is 34.2 Å². The molecule has 3 nitrogen and oxygen atoms in total. The standard InChI is InChI=1S/C15H20BrNO2/c1-2-10-11(13-5-3-6-17-13)9-12(16)15-14(10)18-7-4-8-19-15/h9,13,17H,2-8H2,1H3. The van der Waals surface area contributed by atoms with Crippen molar-refractivity contribution in [2.75, 3.05) is 19.8 Å². The van der Waals surface area contributed by atoms with Crippen molar-refractivity contribution in [2.24, 2.45) is 0 Å². The van der Waals surface area contributed by atoms with E-state index in [0.717, 1.165) is 48.6 Å². The molecule has 0 saturated carbocycles. The van der Waals surface area contributed by atoms with E-state index >= 15 is 0 Å². The fourth-order valence-electron chi connectivity index (χ4n) is 2.99. The Morgan fingerprint density at radius 2 is 2.05 bits per heavy atom. The molecule has 4 heteroatoms. The minimum absolute atomic E-state index is 0.461. The summed E-state index contributed by atoms with van der Waals surface area (Å²) in [5.74, 6) is 1.84. The zero-order valence-corrected chi connectivity index (χ0v) is 12.9. The summed E-state index contributed by atoms with van der Waals surface area (Å²) in [6.45, 7) is 4.78. The van der Waals surface area contributed by atoms with Gasteiger partial charge in [0.05, 0.1) is 17.7 Å². The first-order valence-electron chi connectivity index (χ1n) is 7.15. The Balaban J connectivity index is 2.09. The Labute approximate surface area is 122 Å². The third kappa shape index (κ3) is 2.48. The van der Waals surface area contributed by atoms with Gasteiger partial charge >= 0.3 is 0 Å². The van der Waals surface area contributed by atoms with Crippen LogP contribution in [-0.4, -0.2) is 19.8 Å². The minimum Gasteiger partial charge on any atom is -0.489 e. The van der Waals surface area contributed by atoms with Crippen molar-refractivity contribution in [3.05, 3.63) is 21.7 Å². The van der Waals surface area contributed by atoms with Gasteiger partial charge < -0.3 is 14.8 Å². The van der Waals surface area contributed by atoms with E-state index in [1.54, 1.807) is 0 Å². The van der Waals surface area contributed by atoms with Crippen molar-refractivity contribution >= 4 is 15.9 Å². The Hall–Kier alpha value is -0.740. The van der Waals surface area contributed by atoms with Crippen LogP contribution in [0, 0.1) is 0 Å². The molecular formula is C15H20BrNO2. The first kappa shape index (κ1) is 13.3. The fourth-order valence-corrected chi connectivity index (χ4v) is 3.53. The van der Waals surface area contributed by atoms with E-state index in [1.807, 2.05) is 0 Å². The van der Waals surface area contributed by atoms with Gasteiger partial charge in [-0.2, -0.15) is 0 Å². The molecule has 1 atom stereocenters. The van der Waals surface area contributed by atoms with Crippen LogP contribution in [0.15, 0.2) is 10.5 Å². The lowest BCUT2D eigenvalue weighted by Crippen LogP contribution is -2.15. The van der Waals surface area contributed by atoms with Gasteiger partial charge in [0, 0.05) is 18.0 Å². The number of hydrogen-bond donors (Lipinski definition) is 1. The van der Waals surface area contributed by atoms with Crippen LogP contribution in [0.3, 0.4) is 0 Å². The summed E-state index contributed by atoms with van der Waals surface area (Å²) in [5.41, 5.74) is 2.68. The lowest BCUT2D eigenvalue weighted by Gasteiger charge is -2.21. The normalized spacial score (nSPS) is 22.3. The molecule has 104 valence electrons. The summed E-state index contributed by atoms with van der Waals surface area (Å²) in [6.07, 6.45) is 4.38. The molecular weight excluding hydrogens is 306 g/mol. The molecule has 2 heterocycles. The molecule has 0 aromatic heterocycles. The van der Waals surface area contributed by atoms with Gasteiger partial charge in [0.1, 0.15) is 0 Å². The summed E-state index contributed by atoms with van der Waals surface area (Å²) in [7, 11) is 0. The van der Waals surface area contributed by atoms with Crippen LogP contribution in [-0.2, 0) is 6.42 Å². The van der Waals surface area contributed by atoms with Crippen LogP contribution in [0.4, 0.5) is 0 Å². The zero-order chi connectivity index (χ0) is 13.2. The molecule has 1 unspecified atom stereocenters. The summed E-state index contributed by atoms with van der Waals surface area (Å²) in [4.78, 5) is 0. The van der Waals surface area contributed by atoms with Crippen molar-refractivity contribution in [3.63, 3.8) is 0 Å². The highest BCUT2D eigenvalue weighted by Gasteiger charge is 2.26. The largest absolute Gasteiger partial charge is 0.489 e. The summed E-state index contributed by atoms with van der Waals surface area (Å²) in [5, 5.41) is 3.58. The van der Waals surface area contributed by atoms with Crippen molar-refractivity contribution in [3.8, 4) is 11.5 Å². The van der Waals surface area contributed by atoms with Gasteiger partial charge in [0.2, 0.25) is 0 Å². The van der Waals surface area contributed by atoms with E-state index in [0.29, 0.717) is 6.04 Å². The average Bonchev–Trinajstić information content (AvgIpc) is 2.83. The van der Waals surface area contributed by atoms with Gasteiger partial charge in [-0.3, -0.25) is 0 Å². The van der Waals surface area contributed by atoms with Gasteiger partial charge in [0.15, 0.2) is 11.5 Å². The Bertz CT molecular complexity index is 470. The second-order valence-corrected chi connectivity index (χ2v) is 5.99. The van der Waals surface area contributed by atoms with Gasteiger partial charge in [-0.05, 0) is 53.4 Å². The molecule has 3 rings (SSSR count). The molecule has 0 aliphatic carbocycles. The summed E-state index contributed by atoms with van der Waals surface area (Å²) < 4.78 is 12.8. The number of benzene rings is 1. The van der Waals surface area contributed by atoms with E-state index in [9.17, 15) is 0 Å². The van der Waals surface area contributed by atoms with Gasteiger partial charge in [-0.15, -0.1) is 0 Å². The zero-order valence-electron chi connectivity index (χ0n) is 11.3. The van der Waals surface area contributed by atoms with Crippen molar-refractivity contribution in [1.82, 2.24) is 5.32 Å². The molecule has 1 N–H and O–H groups in total. The fraction of sp³-hybridized carbons (Fsp3) is 0.600. The maximum atomic E-state index is 5.97. The molecule has 19 heavy (non-hydrogen) atoms. The predicted octanol–water partition coefficient (Wildman–Crippen LogP) is 3.60. The molecule has 0 radical (unpaired) electrons. The molecule has 1 aromatic carbocycles. The quantitative estimate of drug-likeness (QED) is 0.901. The molecule has 1 saturated heterocycles. The molecule has 1 fully saturated rings. The number of rotatable bonds is 2. The average molecular weight is 326 g/mol. The van der Waals surface area contributed by atoms with E-state index in [1.165, 1.54) is 24.0 Å². The summed E-state index contributed by atoms with van der Waals surface area (Å²) >= 11 is 3.65. The number of fused-ring (bicyclic) bond motifs is 1. The Morgan fingerprint density at radius 3 is 2.74 bits per heavy atom. The van der Waals surface area contributed by atoms with Crippen molar-refractivity contribution < 1.29 is 9.47 Å². The van der Waals surface area contributed by atoms with Crippen LogP contribution in [0.5, 0.6) is 11.5 Å². The van der Waals surface area contributed by atoms with E-state index < -0.39 is 0 Å². The van der Waals surface area contributed by atoms with Gasteiger partial charge in [0.25, 0.3) is 0 Å². The van der Waals surface area contributed by atoms with Crippen molar-refractivity contribution in [1.29, 1.82) is 0 Å². The first-order valence-corrected chi connectivity index (χ1v) is 7.94. The van der Waals surface area contributed by atoms with Crippen LogP contribution >= 0.6 is 15.9 Å². The molecule has 0 bridgehead atoms. The summed E-state index contributed by atoms with van der Waals surface area (Å²) in [6, 6.07) is 2.68. The van der Waals surface area contributed by atoms with E-state index in [4.69, 9.17) is 9.47 Å². The van der Waals surface area contributed by atoms with E-state index in [-0.39, 0.29) is 0 Å². The number of hydrogen-bond acceptors (Lipinski definition) is 3. The Kier molecular flexibility index (Phi) is 3.99. The molecule has 2 aliphatic heterocycles. The maximum Gasteiger partial charge on any atom is 0.175 e. The monoisotopic (exact) mass is 325 g/mol. The third-order valence-electron chi connectivity index (χ3n) is 3.90. The molecule has 0 spiro atoms. The number of nitrogens with one attached hydrogen (secondary N) is 1. The SMILES string of the molecule is CCc1c(C2CCCN2)cc(Br)c2c1OCCCO2. The van der Waals surface area contributed by atoms with Crippen LogP contribution in [0.1, 0.15) is 43.4 Å². The lowest BCUT2D eigenvalue weighted by atomic mass is 9.96. The van der Waals surface area contributed by atoms with Crippen LogP contribution in [0.25, 0.3) is 0 Å². The predicted molar refractivity (Wildman–Crippen MR) is 79.1 cm³/mol. The number of ether oxygens (including phenoxy) is 2. The smallest absolute Gasteiger partial charge is 0.175 e. The van der Waals surface area contributed by atoms with Crippen LogP contribution < -0.4 is 14.8 Å². The lowest BCUT2D eigenvalue weighted by molar-refractivity contribution is 0.295. The van der Waals surface area contributed by atoms with Crippen LogP contribution in [0.2, 0.25) is 0 Å². The van der Waals surface area contributed by atoms with Gasteiger partial charge in [-0.1, -0.05) is 6.92 Å². The molecule has 1 aromatic rings. The highest BCUT2D eigenvalue weighted by molar-refractivity contribution is 9.10.